The Labute approximate surface area is 214 Å². The number of alkyl carbamates (subject to hydrolysis) is 1. The number of unbranched alkanes of at least 4 members (excludes halogenated alkanes) is 1. The first-order chi connectivity index (χ1) is 15.3. The largest absolute Gasteiger partial charge is 0.444 e. The first-order valence-corrected chi connectivity index (χ1v) is 11.3. The van der Waals surface area contributed by atoms with Gasteiger partial charge in [0.25, 0.3) is 0 Å². The van der Waals surface area contributed by atoms with Crippen molar-refractivity contribution in [3.8, 4) is 5.82 Å². The first-order valence-electron chi connectivity index (χ1n) is 11.3. The number of aliphatic imine (C=N–C) groups is 1. The molecule has 3 N–H and O–H groups in total. The number of guanidine groups is 1. The third-order valence-electron chi connectivity index (χ3n) is 4.45. The molecule has 0 spiro atoms. The van der Waals surface area contributed by atoms with E-state index in [4.69, 9.17) is 9.73 Å². The zero-order chi connectivity index (χ0) is 23.4. The van der Waals surface area contributed by atoms with Crippen LogP contribution in [0.5, 0.6) is 0 Å². The number of nitrogens with one attached hydrogen (secondary N) is 3. The Morgan fingerprint density at radius 1 is 1.24 bits per heavy atom. The van der Waals surface area contributed by atoms with E-state index >= 15 is 0 Å². The molecule has 0 aliphatic carbocycles. The molecular weight excluding hydrogens is 533 g/mol. The van der Waals surface area contributed by atoms with Crippen LogP contribution in [0, 0.1) is 0 Å². The maximum Gasteiger partial charge on any atom is 0.407 e. The second-order valence-corrected chi connectivity index (χ2v) is 8.53. The highest BCUT2D eigenvalue weighted by molar-refractivity contribution is 14.0. The SMILES string of the molecule is CCCCC(CNC(=O)OC(C)(C)C)NC(=NCc1ccnc(-n2cccn2)c1)NCC.I. The molecule has 0 bridgehead atoms. The molecule has 33 heavy (non-hydrogen) atoms. The van der Waals surface area contributed by atoms with Gasteiger partial charge in [-0.1, -0.05) is 19.8 Å². The van der Waals surface area contributed by atoms with Crippen LogP contribution in [0.25, 0.3) is 5.82 Å². The van der Waals surface area contributed by atoms with Crippen molar-refractivity contribution < 1.29 is 9.53 Å². The van der Waals surface area contributed by atoms with Gasteiger partial charge in [0, 0.05) is 37.7 Å². The Morgan fingerprint density at radius 3 is 2.67 bits per heavy atom. The molecule has 1 unspecified atom stereocenters. The molecular formula is C23H38IN7O2. The fraction of sp³-hybridized carbons (Fsp3) is 0.565. The Bertz CT molecular complexity index is 851. The maximum absolute atomic E-state index is 12.1. The Morgan fingerprint density at radius 2 is 2.03 bits per heavy atom. The molecule has 0 radical (unpaired) electrons. The lowest BCUT2D eigenvalue weighted by molar-refractivity contribution is 0.0522. The molecule has 1 amide bonds. The quantitative estimate of drug-likeness (QED) is 0.226. The van der Waals surface area contributed by atoms with Gasteiger partial charge in [-0.15, -0.1) is 24.0 Å². The van der Waals surface area contributed by atoms with Crippen LogP contribution in [0.2, 0.25) is 0 Å². The predicted molar refractivity (Wildman–Crippen MR) is 142 cm³/mol. The Hall–Kier alpha value is -2.37. The van der Waals surface area contributed by atoms with Crippen molar-refractivity contribution in [2.75, 3.05) is 13.1 Å². The number of rotatable bonds is 10. The van der Waals surface area contributed by atoms with Crippen LogP contribution < -0.4 is 16.0 Å². The van der Waals surface area contributed by atoms with Gasteiger partial charge in [0.1, 0.15) is 5.60 Å². The summed E-state index contributed by atoms with van der Waals surface area (Å²) in [5, 5.41) is 13.8. The van der Waals surface area contributed by atoms with Gasteiger partial charge >= 0.3 is 6.09 Å². The van der Waals surface area contributed by atoms with Crippen molar-refractivity contribution in [2.45, 2.75) is 72.1 Å². The highest BCUT2D eigenvalue weighted by Gasteiger charge is 2.18. The minimum absolute atomic E-state index is 0. The van der Waals surface area contributed by atoms with Crippen LogP contribution in [0.4, 0.5) is 4.79 Å². The molecule has 0 aromatic carbocycles. The number of aromatic nitrogens is 3. The number of nitrogens with zero attached hydrogens (tertiary/aromatic N) is 4. The number of amides is 1. The summed E-state index contributed by atoms with van der Waals surface area (Å²) < 4.78 is 7.08. The van der Waals surface area contributed by atoms with Crippen molar-refractivity contribution in [3.63, 3.8) is 0 Å². The normalized spacial score (nSPS) is 12.5. The molecule has 2 aromatic rings. The molecule has 0 fully saturated rings. The summed E-state index contributed by atoms with van der Waals surface area (Å²) in [6, 6.07) is 5.82. The van der Waals surface area contributed by atoms with Gasteiger partial charge in [0.2, 0.25) is 0 Å². The summed E-state index contributed by atoms with van der Waals surface area (Å²) in [6.07, 6.45) is 7.96. The van der Waals surface area contributed by atoms with Gasteiger partial charge in [0.15, 0.2) is 11.8 Å². The summed E-state index contributed by atoms with van der Waals surface area (Å²) in [7, 11) is 0. The second kappa shape index (κ2) is 14.7. The summed E-state index contributed by atoms with van der Waals surface area (Å²) in [5.41, 5.74) is 0.506. The molecule has 2 rings (SSSR count). The number of carbonyl (C=O) groups excluding carboxylic acids is 1. The van der Waals surface area contributed by atoms with Gasteiger partial charge in [-0.2, -0.15) is 5.10 Å². The van der Waals surface area contributed by atoms with Crippen LogP contribution in [0.3, 0.4) is 0 Å². The zero-order valence-electron chi connectivity index (χ0n) is 20.3. The van der Waals surface area contributed by atoms with Crippen LogP contribution in [-0.4, -0.2) is 51.5 Å². The molecule has 0 aliphatic rings. The van der Waals surface area contributed by atoms with E-state index in [-0.39, 0.29) is 30.0 Å². The summed E-state index contributed by atoms with van der Waals surface area (Å²) in [5.74, 6) is 1.46. The molecule has 184 valence electrons. The lowest BCUT2D eigenvalue weighted by atomic mass is 10.1. The van der Waals surface area contributed by atoms with Gasteiger partial charge in [-0.3, -0.25) is 0 Å². The fourth-order valence-corrected chi connectivity index (χ4v) is 2.97. The lowest BCUT2D eigenvalue weighted by Crippen LogP contribution is -2.49. The van der Waals surface area contributed by atoms with Gasteiger partial charge in [-0.05, 0) is 57.9 Å². The van der Waals surface area contributed by atoms with E-state index in [2.05, 4.69) is 33.0 Å². The Balaban J connectivity index is 0.00000544. The van der Waals surface area contributed by atoms with Crippen molar-refractivity contribution >= 4 is 36.0 Å². The number of carbonyl (C=O) groups is 1. The van der Waals surface area contributed by atoms with Gasteiger partial charge in [-0.25, -0.2) is 19.5 Å². The third kappa shape index (κ3) is 11.4. The maximum atomic E-state index is 12.1. The molecule has 2 aromatic heterocycles. The number of hydrogen-bond donors (Lipinski definition) is 3. The minimum Gasteiger partial charge on any atom is -0.444 e. The molecule has 1 atom stereocenters. The van der Waals surface area contributed by atoms with E-state index in [0.29, 0.717) is 19.0 Å². The molecule has 0 saturated carbocycles. The molecule has 10 heteroatoms. The van der Waals surface area contributed by atoms with Crippen LogP contribution >= 0.6 is 24.0 Å². The van der Waals surface area contributed by atoms with Gasteiger partial charge < -0.3 is 20.7 Å². The van der Waals surface area contributed by atoms with E-state index in [1.54, 1.807) is 17.1 Å². The lowest BCUT2D eigenvalue weighted by Gasteiger charge is -2.24. The predicted octanol–water partition coefficient (Wildman–Crippen LogP) is 4.02. The molecule has 0 saturated heterocycles. The number of hydrogen-bond acceptors (Lipinski definition) is 5. The van der Waals surface area contributed by atoms with E-state index in [9.17, 15) is 4.79 Å². The average Bonchev–Trinajstić information content (AvgIpc) is 3.28. The molecule has 2 heterocycles. The Kier molecular flexibility index (Phi) is 12.8. The first kappa shape index (κ1) is 28.7. The highest BCUT2D eigenvalue weighted by atomic mass is 127. The van der Waals surface area contributed by atoms with Gasteiger partial charge in [0.05, 0.1) is 6.54 Å². The van der Waals surface area contributed by atoms with E-state index < -0.39 is 11.7 Å². The van der Waals surface area contributed by atoms with E-state index in [0.717, 1.165) is 37.2 Å². The highest BCUT2D eigenvalue weighted by Crippen LogP contribution is 2.09. The average molecular weight is 572 g/mol. The molecule has 9 nitrogen and oxygen atoms in total. The smallest absolute Gasteiger partial charge is 0.407 e. The standard InChI is InChI=1S/C23H37N7O2.HI/c1-6-8-10-19(17-27-22(31)32-23(3,4)5)29-21(24-7-2)26-16-18-11-13-25-20(15-18)30-14-9-12-28-30;/h9,11-15,19H,6-8,10,16-17H2,1-5H3,(H,27,31)(H2,24,26,29);1H. The minimum atomic E-state index is -0.521. The summed E-state index contributed by atoms with van der Waals surface area (Å²) in [6.45, 7) is 11.4. The third-order valence-corrected chi connectivity index (χ3v) is 4.45. The van der Waals surface area contributed by atoms with Crippen molar-refractivity contribution in [1.82, 2.24) is 30.7 Å². The van der Waals surface area contributed by atoms with E-state index in [1.165, 1.54) is 0 Å². The fourth-order valence-electron chi connectivity index (χ4n) is 2.97. The number of ether oxygens (including phenoxy) is 1. The van der Waals surface area contributed by atoms with Crippen molar-refractivity contribution in [2.24, 2.45) is 4.99 Å². The van der Waals surface area contributed by atoms with Crippen LogP contribution in [0.15, 0.2) is 41.8 Å². The summed E-state index contributed by atoms with van der Waals surface area (Å²) in [4.78, 5) is 21.2. The van der Waals surface area contributed by atoms with Crippen molar-refractivity contribution in [1.29, 1.82) is 0 Å². The van der Waals surface area contributed by atoms with Crippen LogP contribution in [-0.2, 0) is 11.3 Å². The van der Waals surface area contributed by atoms with Crippen LogP contribution in [0.1, 0.15) is 59.4 Å². The van der Waals surface area contributed by atoms with E-state index in [1.807, 2.05) is 52.1 Å². The number of halogens is 1. The molecule has 0 aliphatic heterocycles. The summed E-state index contributed by atoms with van der Waals surface area (Å²) >= 11 is 0. The zero-order valence-corrected chi connectivity index (χ0v) is 22.6. The topological polar surface area (TPSA) is 105 Å². The second-order valence-electron chi connectivity index (χ2n) is 8.53. The van der Waals surface area contributed by atoms with Crippen molar-refractivity contribution in [3.05, 3.63) is 42.4 Å². The monoisotopic (exact) mass is 571 g/mol. The number of pyridine rings is 1.